The number of fused-ring (bicyclic) bond motifs is 1. The third-order valence-corrected chi connectivity index (χ3v) is 5.75. The average molecular weight is 490 g/mol. The molecule has 4 rings (SSSR count). The molecule has 36 heavy (non-hydrogen) atoms. The number of aromatic nitrogens is 1. The molecule has 1 heterocycles. The molecule has 0 aliphatic heterocycles. The van der Waals surface area contributed by atoms with E-state index in [1.54, 1.807) is 43.5 Å². The Morgan fingerprint density at radius 3 is 2.36 bits per heavy atom. The van der Waals surface area contributed by atoms with Crippen molar-refractivity contribution in [3.8, 4) is 23.0 Å². The lowest BCUT2D eigenvalue weighted by Gasteiger charge is -2.19. The van der Waals surface area contributed by atoms with Crippen molar-refractivity contribution in [2.75, 3.05) is 32.7 Å². The summed E-state index contributed by atoms with van der Waals surface area (Å²) in [6, 6.07) is 19.4. The van der Waals surface area contributed by atoms with Gasteiger partial charge in [-0.25, -0.2) is 4.39 Å². The molecule has 0 fully saturated rings. The first-order valence-electron chi connectivity index (χ1n) is 11.6. The van der Waals surface area contributed by atoms with Crippen LogP contribution in [-0.4, -0.2) is 43.7 Å². The quantitative estimate of drug-likeness (QED) is 0.205. The van der Waals surface area contributed by atoms with Gasteiger partial charge in [0.1, 0.15) is 17.3 Å². The van der Waals surface area contributed by atoms with E-state index in [9.17, 15) is 9.18 Å². The topological polar surface area (TPSA) is 72.9 Å². The molecule has 7 nitrogen and oxygen atoms in total. The minimum atomic E-state index is -0.246. The van der Waals surface area contributed by atoms with Crippen molar-refractivity contribution in [2.45, 2.75) is 12.8 Å². The number of nitrogens with one attached hydrogen (secondary N) is 1. The first-order valence-corrected chi connectivity index (χ1v) is 11.6. The fourth-order valence-electron chi connectivity index (χ4n) is 3.80. The van der Waals surface area contributed by atoms with Gasteiger partial charge in [0.25, 0.3) is 0 Å². The van der Waals surface area contributed by atoms with Gasteiger partial charge >= 0.3 is 0 Å². The molecule has 1 aromatic heterocycles. The van der Waals surface area contributed by atoms with Crippen molar-refractivity contribution in [3.05, 3.63) is 84.3 Å². The van der Waals surface area contributed by atoms with E-state index in [-0.39, 0.29) is 5.82 Å². The van der Waals surface area contributed by atoms with Crippen LogP contribution in [-0.2, 0) is 11.2 Å². The number of methoxy groups -OCH3 is 2. The average Bonchev–Trinajstić information content (AvgIpc) is 2.91. The van der Waals surface area contributed by atoms with Crippen LogP contribution in [0.5, 0.6) is 23.0 Å². The molecular weight excluding hydrogens is 461 g/mol. The summed E-state index contributed by atoms with van der Waals surface area (Å²) < 4.78 is 29.9. The van der Waals surface area contributed by atoms with Gasteiger partial charge in [-0.15, -0.1) is 0 Å². The number of pyridine rings is 1. The van der Waals surface area contributed by atoms with Crippen LogP contribution >= 0.6 is 0 Å². The minimum absolute atomic E-state index is 0.246. The van der Waals surface area contributed by atoms with Crippen molar-refractivity contribution in [2.24, 2.45) is 0 Å². The van der Waals surface area contributed by atoms with Crippen LogP contribution in [0.4, 0.5) is 10.1 Å². The molecule has 3 aromatic carbocycles. The molecule has 0 radical (unpaired) electrons. The highest BCUT2D eigenvalue weighted by Gasteiger charge is 2.11. The summed E-state index contributed by atoms with van der Waals surface area (Å²) >= 11 is 0. The number of carbonyl (C=O) groups excluding carboxylic acids is 1. The lowest BCUT2D eigenvalue weighted by molar-refractivity contribution is -0.117. The van der Waals surface area contributed by atoms with E-state index in [0.29, 0.717) is 36.2 Å². The molecule has 4 aromatic rings. The highest BCUT2D eigenvalue weighted by Crippen LogP contribution is 2.36. The molecular formula is C28H28FN3O4. The van der Waals surface area contributed by atoms with Gasteiger partial charge in [-0.2, -0.15) is 0 Å². The second-order valence-corrected chi connectivity index (χ2v) is 8.14. The summed E-state index contributed by atoms with van der Waals surface area (Å²) in [5, 5.41) is 4.05. The Kier molecular flexibility index (Phi) is 8.18. The number of nitrogens with zero attached hydrogens (tertiary/aromatic N) is 2. The summed E-state index contributed by atoms with van der Waals surface area (Å²) in [5.41, 5.74) is 2.64. The van der Waals surface area contributed by atoms with Gasteiger partial charge in [0, 0.05) is 29.9 Å². The van der Waals surface area contributed by atoms with Crippen molar-refractivity contribution in [3.63, 3.8) is 0 Å². The molecule has 0 aliphatic rings. The van der Waals surface area contributed by atoms with E-state index in [2.05, 4.69) is 10.3 Å². The second kappa shape index (κ2) is 11.9. The maximum Gasteiger partial charge on any atom is 0.211 e. The Balaban J connectivity index is 1.33. The maximum atomic E-state index is 13.0. The summed E-state index contributed by atoms with van der Waals surface area (Å²) in [7, 11) is 3.17. The number of rotatable bonds is 12. The number of aryl methyl sites for hydroxylation is 1. The van der Waals surface area contributed by atoms with Crippen molar-refractivity contribution >= 4 is 23.0 Å². The number of benzene rings is 3. The van der Waals surface area contributed by atoms with Crippen LogP contribution in [0.1, 0.15) is 12.0 Å². The standard InChI is InChI=1S/C28H28FN3O4/c1-34-27-16-24-25(17-28(27)35-2)30-14-13-26(24)36-23-11-9-22(10-12-23)31-18-32(19-33)15-3-4-20-5-7-21(29)8-6-20/h5-14,16-17,19,31H,3-4,15,18H2,1-2H3. The lowest BCUT2D eigenvalue weighted by atomic mass is 10.1. The summed E-state index contributed by atoms with van der Waals surface area (Å²) in [5.74, 6) is 2.26. The van der Waals surface area contributed by atoms with Crippen molar-refractivity contribution in [1.82, 2.24) is 9.88 Å². The van der Waals surface area contributed by atoms with Crippen LogP contribution in [0.15, 0.2) is 72.9 Å². The molecule has 0 saturated carbocycles. The number of ether oxygens (including phenoxy) is 3. The van der Waals surface area contributed by atoms with Crippen LogP contribution in [0.25, 0.3) is 10.9 Å². The number of hydrogen-bond donors (Lipinski definition) is 1. The molecule has 0 unspecified atom stereocenters. The fraction of sp³-hybridized carbons (Fsp3) is 0.214. The van der Waals surface area contributed by atoms with Crippen LogP contribution in [0, 0.1) is 5.82 Å². The third kappa shape index (κ3) is 6.21. The number of amides is 1. The Hall–Kier alpha value is -4.33. The molecule has 0 atom stereocenters. The van der Waals surface area contributed by atoms with Gasteiger partial charge in [0.2, 0.25) is 6.41 Å². The molecule has 0 saturated heterocycles. The molecule has 186 valence electrons. The first-order chi connectivity index (χ1) is 17.6. The van der Waals surface area contributed by atoms with E-state index >= 15 is 0 Å². The normalized spacial score (nSPS) is 10.6. The fourth-order valence-corrected chi connectivity index (χ4v) is 3.80. The van der Waals surface area contributed by atoms with Gasteiger partial charge in [-0.05, 0) is 66.9 Å². The van der Waals surface area contributed by atoms with Crippen molar-refractivity contribution in [1.29, 1.82) is 0 Å². The van der Waals surface area contributed by atoms with Crippen molar-refractivity contribution < 1.29 is 23.4 Å². The smallest absolute Gasteiger partial charge is 0.211 e. The highest BCUT2D eigenvalue weighted by atomic mass is 19.1. The summed E-state index contributed by atoms with van der Waals surface area (Å²) in [4.78, 5) is 17.5. The van der Waals surface area contributed by atoms with Gasteiger partial charge in [-0.3, -0.25) is 9.78 Å². The SMILES string of the molecule is COc1cc2nccc(Oc3ccc(NCN(C=O)CCCc4ccc(F)cc4)cc3)c2cc1OC. The highest BCUT2D eigenvalue weighted by molar-refractivity contribution is 5.88. The van der Waals surface area contributed by atoms with Gasteiger partial charge in [0.15, 0.2) is 11.5 Å². The van der Waals surface area contributed by atoms with Crippen LogP contribution < -0.4 is 19.5 Å². The van der Waals surface area contributed by atoms with Gasteiger partial charge in [0.05, 0.1) is 26.4 Å². The Bertz CT molecular complexity index is 1300. The zero-order chi connectivity index (χ0) is 25.3. The monoisotopic (exact) mass is 489 g/mol. The van der Waals surface area contributed by atoms with E-state index < -0.39 is 0 Å². The number of hydrogen-bond acceptors (Lipinski definition) is 6. The van der Waals surface area contributed by atoms with Crippen LogP contribution in [0.3, 0.4) is 0 Å². The molecule has 0 aliphatic carbocycles. The third-order valence-electron chi connectivity index (χ3n) is 5.75. The predicted molar refractivity (Wildman–Crippen MR) is 137 cm³/mol. The maximum absolute atomic E-state index is 13.0. The Morgan fingerprint density at radius 2 is 1.67 bits per heavy atom. The number of halogens is 1. The molecule has 0 spiro atoms. The zero-order valence-corrected chi connectivity index (χ0v) is 20.2. The predicted octanol–water partition coefficient (Wildman–Crippen LogP) is 5.64. The Morgan fingerprint density at radius 1 is 0.944 bits per heavy atom. The van der Waals surface area contributed by atoms with Gasteiger partial charge in [-0.1, -0.05) is 12.1 Å². The first kappa shape index (κ1) is 24.8. The van der Waals surface area contributed by atoms with E-state index in [1.165, 1.54) is 12.1 Å². The molecule has 1 N–H and O–H groups in total. The molecule has 1 amide bonds. The molecule has 0 bridgehead atoms. The number of anilines is 1. The van der Waals surface area contributed by atoms with E-state index in [4.69, 9.17) is 14.2 Å². The van der Waals surface area contributed by atoms with Gasteiger partial charge < -0.3 is 24.4 Å². The van der Waals surface area contributed by atoms with Crippen LogP contribution in [0.2, 0.25) is 0 Å². The second-order valence-electron chi connectivity index (χ2n) is 8.14. The zero-order valence-electron chi connectivity index (χ0n) is 20.2. The minimum Gasteiger partial charge on any atom is -0.493 e. The molecule has 8 heteroatoms. The van der Waals surface area contributed by atoms with E-state index in [0.717, 1.165) is 41.4 Å². The summed E-state index contributed by atoms with van der Waals surface area (Å²) in [6.07, 6.45) is 4.07. The Labute approximate surface area is 209 Å². The number of carbonyl (C=O) groups is 1. The lowest BCUT2D eigenvalue weighted by Crippen LogP contribution is -2.29. The largest absolute Gasteiger partial charge is 0.493 e. The van der Waals surface area contributed by atoms with E-state index in [1.807, 2.05) is 36.4 Å². The summed E-state index contributed by atoms with van der Waals surface area (Å²) in [6.45, 7) is 0.974.